The molecule has 0 spiro atoms. The van der Waals surface area contributed by atoms with E-state index in [9.17, 15) is 12.8 Å². The van der Waals surface area contributed by atoms with Gasteiger partial charge in [0.05, 0.1) is 4.90 Å². The number of halogens is 1. The number of primary sulfonamides is 1. The van der Waals surface area contributed by atoms with Crippen LogP contribution in [0.25, 0.3) is 0 Å². The number of nitrogens with one attached hydrogen (secondary N) is 2. The molecule has 2 rings (SSSR count). The first-order chi connectivity index (χ1) is 11.4. The van der Waals surface area contributed by atoms with Gasteiger partial charge in [-0.2, -0.15) is 0 Å². The summed E-state index contributed by atoms with van der Waals surface area (Å²) >= 11 is 0. The molecule has 8 heteroatoms. The first-order valence-electron chi connectivity index (χ1n) is 7.20. The van der Waals surface area contributed by atoms with E-state index in [-0.39, 0.29) is 10.7 Å². The van der Waals surface area contributed by atoms with Crippen molar-refractivity contribution in [3.05, 3.63) is 65.5 Å². The van der Waals surface area contributed by atoms with E-state index in [1.807, 2.05) is 0 Å². The number of nitrogens with two attached hydrogens (primary N) is 1. The molecule has 4 N–H and O–H groups in total. The smallest absolute Gasteiger partial charge is 0.238 e. The molecule has 0 heterocycles. The molecule has 0 saturated carbocycles. The molecule has 0 aliphatic rings. The lowest BCUT2D eigenvalue weighted by Crippen LogP contribution is -2.36. The van der Waals surface area contributed by atoms with Gasteiger partial charge >= 0.3 is 0 Å². The minimum absolute atomic E-state index is 0.0632. The monoisotopic (exact) mass is 350 g/mol. The van der Waals surface area contributed by atoms with Gasteiger partial charge in [0, 0.05) is 25.7 Å². The molecule has 0 aliphatic carbocycles. The standard InChI is InChI=1S/C16H19FN4O2S/c1-19-16(21-11-13-4-2-3-5-15(13)17)20-10-12-6-8-14(9-7-12)24(18,22)23/h2-9H,10-11H2,1H3,(H2,18,22,23)(H2,19,20,21). The molecule has 0 atom stereocenters. The van der Waals surface area contributed by atoms with Crippen molar-refractivity contribution in [3.63, 3.8) is 0 Å². The van der Waals surface area contributed by atoms with Crippen LogP contribution in [0.4, 0.5) is 4.39 Å². The van der Waals surface area contributed by atoms with Crippen LogP contribution in [0.1, 0.15) is 11.1 Å². The summed E-state index contributed by atoms with van der Waals surface area (Å²) in [5.41, 5.74) is 1.40. The van der Waals surface area contributed by atoms with Gasteiger partial charge in [0.1, 0.15) is 5.82 Å². The van der Waals surface area contributed by atoms with Crippen molar-refractivity contribution in [3.8, 4) is 0 Å². The molecule has 0 amide bonds. The van der Waals surface area contributed by atoms with E-state index in [1.165, 1.54) is 18.2 Å². The minimum atomic E-state index is -3.69. The van der Waals surface area contributed by atoms with E-state index >= 15 is 0 Å². The summed E-state index contributed by atoms with van der Waals surface area (Å²) < 4.78 is 36.0. The Hall–Kier alpha value is -2.45. The molecule has 0 fully saturated rings. The van der Waals surface area contributed by atoms with E-state index in [1.54, 1.807) is 37.4 Å². The Bertz CT molecular complexity index is 820. The second-order valence-corrected chi connectivity index (χ2v) is 6.62. The number of aliphatic imine (C=N–C) groups is 1. The van der Waals surface area contributed by atoms with Crippen molar-refractivity contribution < 1.29 is 12.8 Å². The lowest BCUT2D eigenvalue weighted by Gasteiger charge is -2.12. The summed E-state index contributed by atoms with van der Waals surface area (Å²) in [5, 5.41) is 11.1. The number of sulfonamides is 1. The highest BCUT2D eigenvalue weighted by atomic mass is 32.2. The summed E-state index contributed by atoms with van der Waals surface area (Å²) in [5.74, 6) is 0.229. The Morgan fingerprint density at radius 3 is 2.29 bits per heavy atom. The van der Waals surface area contributed by atoms with Crippen LogP contribution in [0.5, 0.6) is 0 Å². The van der Waals surface area contributed by atoms with E-state index in [2.05, 4.69) is 15.6 Å². The zero-order valence-corrected chi connectivity index (χ0v) is 14.0. The van der Waals surface area contributed by atoms with Gasteiger partial charge in [-0.05, 0) is 23.8 Å². The SMILES string of the molecule is CN=C(NCc1ccc(S(N)(=O)=O)cc1)NCc1ccccc1F. The fraction of sp³-hybridized carbons (Fsp3) is 0.188. The van der Waals surface area contributed by atoms with Crippen molar-refractivity contribution in [1.82, 2.24) is 10.6 Å². The second kappa shape index (κ2) is 7.89. The Labute approximate surface area is 140 Å². The van der Waals surface area contributed by atoms with Crippen LogP contribution in [-0.2, 0) is 23.1 Å². The van der Waals surface area contributed by atoms with Crippen molar-refractivity contribution in [2.24, 2.45) is 10.1 Å². The summed E-state index contributed by atoms with van der Waals surface area (Å²) in [4.78, 5) is 4.12. The summed E-state index contributed by atoms with van der Waals surface area (Å²) in [6.07, 6.45) is 0. The van der Waals surface area contributed by atoms with E-state index in [0.717, 1.165) is 5.56 Å². The largest absolute Gasteiger partial charge is 0.352 e. The number of hydrogen-bond acceptors (Lipinski definition) is 3. The fourth-order valence-electron chi connectivity index (χ4n) is 2.02. The maximum atomic E-state index is 13.6. The fourth-order valence-corrected chi connectivity index (χ4v) is 2.54. The van der Waals surface area contributed by atoms with Crippen molar-refractivity contribution in [2.45, 2.75) is 18.0 Å². The third-order valence-electron chi connectivity index (χ3n) is 3.34. The summed E-state index contributed by atoms with van der Waals surface area (Å²) in [7, 11) is -2.08. The number of hydrogen-bond donors (Lipinski definition) is 3. The van der Waals surface area contributed by atoms with Crippen LogP contribution in [0.2, 0.25) is 0 Å². The Kier molecular flexibility index (Phi) is 5.88. The molecule has 2 aromatic rings. The van der Waals surface area contributed by atoms with Crippen molar-refractivity contribution >= 4 is 16.0 Å². The van der Waals surface area contributed by atoms with Crippen LogP contribution in [-0.4, -0.2) is 21.4 Å². The van der Waals surface area contributed by atoms with Crippen LogP contribution < -0.4 is 15.8 Å². The molecule has 0 aromatic heterocycles. The maximum Gasteiger partial charge on any atom is 0.238 e. The number of benzene rings is 2. The first kappa shape index (κ1) is 17.9. The Morgan fingerprint density at radius 2 is 1.71 bits per heavy atom. The van der Waals surface area contributed by atoms with E-state index in [0.29, 0.717) is 24.6 Å². The highest BCUT2D eigenvalue weighted by molar-refractivity contribution is 7.89. The Balaban J connectivity index is 1.91. The second-order valence-electron chi connectivity index (χ2n) is 5.06. The lowest BCUT2D eigenvalue weighted by atomic mass is 10.2. The van der Waals surface area contributed by atoms with Gasteiger partial charge in [-0.15, -0.1) is 0 Å². The van der Waals surface area contributed by atoms with Crippen LogP contribution >= 0.6 is 0 Å². The molecule has 0 bridgehead atoms. The predicted molar refractivity (Wildman–Crippen MR) is 91.3 cm³/mol. The third-order valence-corrected chi connectivity index (χ3v) is 4.27. The van der Waals surface area contributed by atoms with E-state index < -0.39 is 10.0 Å². The van der Waals surface area contributed by atoms with Gasteiger partial charge in [-0.25, -0.2) is 17.9 Å². The lowest BCUT2D eigenvalue weighted by molar-refractivity contribution is 0.597. The molecular weight excluding hydrogens is 331 g/mol. The van der Waals surface area contributed by atoms with Crippen LogP contribution in [0.15, 0.2) is 58.4 Å². The maximum absolute atomic E-state index is 13.6. The first-order valence-corrected chi connectivity index (χ1v) is 8.74. The molecule has 0 unspecified atom stereocenters. The molecule has 2 aromatic carbocycles. The van der Waals surface area contributed by atoms with Gasteiger partial charge in [0.2, 0.25) is 10.0 Å². The normalized spacial score (nSPS) is 12.0. The van der Waals surface area contributed by atoms with Gasteiger partial charge in [-0.3, -0.25) is 4.99 Å². The molecule has 128 valence electrons. The zero-order valence-electron chi connectivity index (χ0n) is 13.2. The Morgan fingerprint density at radius 1 is 1.08 bits per heavy atom. The number of guanidine groups is 1. The highest BCUT2D eigenvalue weighted by Crippen LogP contribution is 2.08. The average molecular weight is 350 g/mol. The van der Waals surface area contributed by atoms with Crippen molar-refractivity contribution in [2.75, 3.05) is 7.05 Å². The van der Waals surface area contributed by atoms with Gasteiger partial charge in [-0.1, -0.05) is 30.3 Å². The minimum Gasteiger partial charge on any atom is -0.352 e. The molecular formula is C16H19FN4O2S. The molecule has 6 nitrogen and oxygen atoms in total. The molecule has 0 radical (unpaired) electrons. The topological polar surface area (TPSA) is 96.6 Å². The predicted octanol–water partition coefficient (Wildman–Crippen LogP) is 1.34. The summed E-state index contributed by atoms with van der Waals surface area (Å²) in [6, 6.07) is 12.7. The van der Waals surface area contributed by atoms with Gasteiger partial charge < -0.3 is 10.6 Å². The van der Waals surface area contributed by atoms with Gasteiger partial charge in [0.15, 0.2) is 5.96 Å². The zero-order chi connectivity index (χ0) is 17.6. The average Bonchev–Trinajstić information content (AvgIpc) is 2.56. The van der Waals surface area contributed by atoms with Crippen LogP contribution in [0, 0.1) is 5.82 Å². The number of nitrogens with zero attached hydrogens (tertiary/aromatic N) is 1. The summed E-state index contributed by atoms with van der Waals surface area (Å²) in [6.45, 7) is 0.735. The van der Waals surface area contributed by atoms with Gasteiger partial charge in [0.25, 0.3) is 0 Å². The van der Waals surface area contributed by atoms with Crippen molar-refractivity contribution in [1.29, 1.82) is 0 Å². The molecule has 24 heavy (non-hydrogen) atoms. The van der Waals surface area contributed by atoms with Crippen LogP contribution in [0.3, 0.4) is 0 Å². The third kappa shape index (κ3) is 5.04. The quantitative estimate of drug-likeness (QED) is 0.560. The molecule has 0 saturated heterocycles. The number of rotatable bonds is 5. The van der Waals surface area contributed by atoms with E-state index in [4.69, 9.17) is 5.14 Å². The molecule has 0 aliphatic heterocycles. The highest BCUT2D eigenvalue weighted by Gasteiger charge is 2.07.